The quantitative estimate of drug-likeness (QED) is 0.679. The van der Waals surface area contributed by atoms with Crippen LogP contribution in [0.4, 0.5) is 0 Å². The number of hydrogen-bond acceptors (Lipinski definition) is 2. The van der Waals surface area contributed by atoms with E-state index in [1.165, 1.54) is 30.6 Å². The zero-order valence-corrected chi connectivity index (χ0v) is 14.0. The zero-order chi connectivity index (χ0) is 13.9. The molecule has 0 bridgehead atoms. The number of hydrogen-bond donors (Lipinski definition) is 0. The summed E-state index contributed by atoms with van der Waals surface area (Å²) in [5.41, 5.74) is 0. The monoisotopic (exact) mass is 353 g/mol. The molecule has 3 rings (SSSR count). The molecule has 1 aromatic rings. The number of benzene rings is 1. The maximum Gasteiger partial charge on any atom is 0.223 e. The summed E-state index contributed by atoms with van der Waals surface area (Å²) in [4.78, 5) is 15.8. The van der Waals surface area contributed by atoms with Crippen LogP contribution in [0.2, 0.25) is 0 Å². The van der Waals surface area contributed by atoms with Crippen LogP contribution in [0.3, 0.4) is 0 Å². The fourth-order valence-corrected chi connectivity index (χ4v) is 3.88. The normalized spacial score (nSPS) is 18.1. The average Bonchev–Trinajstić information content (AvgIpc) is 3.31. The summed E-state index contributed by atoms with van der Waals surface area (Å²) in [5.74, 6) is 2.03. The molecular formula is C16H20BrNOS. The summed E-state index contributed by atoms with van der Waals surface area (Å²) in [6.07, 6.45) is 5.74. The van der Waals surface area contributed by atoms with Crippen LogP contribution in [0.25, 0.3) is 0 Å². The van der Waals surface area contributed by atoms with Gasteiger partial charge in [-0.05, 0) is 59.7 Å². The third kappa shape index (κ3) is 4.01. The Kier molecular flexibility index (Phi) is 4.72. The molecule has 2 fully saturated rings. The second-order valence-corrected chi connectivity index (χ2v) is 7.74. The first kappa shape index (κ1) is 14.5. The van der Waals surface area contributed by atoms with Crippen LogP contribution in [-0.4, -0.2) is 29.1 Å². The average molecular weight is 354 g/mol. The molecule has 0 saturated heterocycles. The standard InChI is InChI=1S/C16H20BrNOS/c17-14-3-1-2-4-15(14)20-10-9-16(19)18(13-7-8-13)11-12-5-6-12/h1-4,12-13H,5-11H2. The number of thioether (sulfide) groups is 1. The van der Waals surface area contributed by atoms with Crippen molar-refractivity contribution in [3.63, 3.8) is 0 Å². The van der Waals surface area contributed by atoms with Gasteiger partial charge in [0.15, 0.2) is 0 Å². The lowest BCUT2D eigenvalue weighted by Gasteiger charge is -2.22. The fraction of sp³-hybridized carbons (Fsp3) is 0.562. The molecule has 0 radical (unpaired) electrons. The highest BCUT2D eigenvalue weighted by atomic mass is 79.9. The highest BCUT2D eigenvalue weighted by Crippen LogP contribution is 2.35. The van der Waals surface area contributed by atoms with Gasteiger partial charge in [0.25, 0.3) is 0 Å². The number of nitrogens with zero attached hydrogens (tertiary/aromatic N) is 1. The van der Waals surface area contributed by atoms with E-state index >= 15 is 0 Å². The Bertz CT molecular complexity index is 485. The Morgan fingerprint density at radius 3 is 2.65 bits per heavy atom. The predicted octanol–water partition coefficient (Wildman–Crippen LogP) is 4.33. The van der Waals surface area contributed by atoms with Gasteiger partial charge >= 0.3 is 0 Å². The Labute approximate surface area is 133 Å². The SMILES string of the molecule is O=C(CCSc1ccccc1Br)N(CC1CC1)C1CC1. The molecule has 0 heterocycles. The molecule has 0 aliphatic heterocycles. The van der Waals surface area contributed by atoms with E-state index in [2.05, 4.69) is 26.9 Å². The van der Waals surface area contributed by atoms with E-state index in [-0.39, 0.29) is 0 Å². The van der Waals surface area contributed by atoms with Gasteiger partial charge in [0.1, 0.15) is 0 Å². The largest absolute Gasteiger partial charge is 0.339 e. The lowest BCUT2D eigenvalue weighted by Crippen LogP contribution is -2.35. The van der Waals surface area contributed by atoms with Crippen molar-refractivity contribution >= 4 is 33.6 Å². The van der Waals surface area contributed by atoms with Crippen molar-refractivity contribution in [2.45, 2.75) is 43.0 Å². The molecule has 0 aromatic heterocycles. The second-order valence-electron chi connectivity index (χ2n) is 5.75. The molecule has 20 heavy (non-hydrogen) atoms. The molecule has 2 nitrogen and oxygen atoms in total. The van der Waals surface area contributed by atoms with Gasteiger partial charge in [-0.1, -0.05) is 12.1 Å². The van der Waals surface area contributed by atoms with Gasteiger partial charge in [-0.3, -0.25) is 4.79 Å². The summed E-state index contributed by atoms with van der Waals surface area (Å²) in [5, 5.41) is 0. The highest BCUT2D eigenvalue weighted by Gasteiger charge is 2.36. The second kappa shape index (κ2) is 6.52. The van der Waals surface area contributed by atoms with Crippen molar-refractivity contribution in [2.75, 3.05) is 12.3 Å². The number of halogens is 1. The van der Waals surface area contributed by atoms with Crippen LogP contribution >= 0.6 is 27.7 Å². The predicted molar refractivity (Wildman–Crippen MR) is 86.9 cm³/mol. The molecule has 0 N–H and O–H groups in total. The minimum absolute atomic E-state index is 0.360. The molecule has 0 spiro atoms. The summed E-state index contributed by atoms with van der Waals surface area (Å²) in [7, 11) is 0. The van der Waals surface area contributed by atoms with E-state index in [9.17, 15) is 4.79 Å². The van der Waals surface area contributed by atoms with Crippen LogP contribution < -0.4 is 0 Å². The van der Waals surface area contributed by atoms with E-state index in [1.807, 2.05) is 18.2 Å². The number of carbonyl (C=O) groups is 1. The van der Waals surface area contributed by atoms with E-state index in [0.717, 1.165) is 22.7 Å². The van der Waals surface area contributed by atoms with Crippen molar-refractivity contribution in [1.29, 1.82) is 0 Å². The van der Waals surface area contributed by atoms with Gasteiger partial charge < -0.3 is 4.90 Å². The van der Waals surface area contributed by atoms with Crippen molar-refractivity contribution in [3.05, 3.63) is 28.7 Å². The Morgan fingerprint density at radius 2 is 2.00 bits per heavy atom. The van der Waals surface area contributed by atoms with Crippen LogP contribution in [0.1, 0.15) is 32.1 Å². The van der Waals surface area contributed by atoms with Gasteiger partial charge in [-0.2, -0.15) is 0 Å². The smallest absolute Gasteiger partial charge is 0.223 e. The molecule has 1 amide bonds. The first-order valence-corrected chi connectivity index (χ1v) is 9.18. The molecule has 2 aliphatic rings. The van der Waals surface area contributed by atoms with Crippen molar-refractivity contribution in [3.8, 4) is 0 Å². The Morgan fingerprint density at radius 1 is 1.25 bits per heavy atom. The van der Waals surface area contributed by atoms with E-state index in [4.69, 9.17) is 0 Å². The molecule has 4 heteroatoms. The number of carbonyl (C=O) groups excluding carboxylic acids is 1. The van der Waals surface area contributed by atoms with Crippen LogP contribution in [0, 0.1) is 5.92 Å². The molecule has 1 aromatic carbocycles. The molecule has 0 atom stereocenters. The number of amides is 1. The summed E-state index contributed by atoms with van der Waals surface area (Å²) >= 11 is 5.32. The van der Waals surface area contributed by atoms with Crippen molar-refractivity contribution in [1.82, 2.24) is 4.90 Å². The number of rotatable bonds is 7. The minimum atomic E-state index is 0.360. The highest BCUT2D eigenvalue weighted by molar-refractivity contribution is 9.10. The molecule has 2 aliphatic carbocycles. The lowest BCUT2D eigenvalue weighted by molar-refractivity contribution is -0.131. The zero-order valence-electron chi connectivity index (χ0n) is 11.6. The Hall–Kier alpha value is -0.480. The van der Waals surface area contributed by atoms with E-state index < -0.39 is 0 Å². The maximum absolute atomic E-state index is 12.4. The van der Waals surface area contributed by atoms with Gasteiger partial charge in [0.2, 0.25) is 5.91 Å². The molecule has 2 saturated carbocycles. The fourth-order valence-electron chi connectivity index (χ4n) is 2.37. The first-order chi connectivity index (χ1) is 9.74. The van der Waals surface area contributed by atoms with E-state index in [0.29, 0.717) is 18.4 Å². The van der Waals surface area contributed by atoms with Crippen LogP contribution in [0.5, 0.6) is 0 Å². The van der Waals surface area contributed by atoms with Gasteiger partial charge in [-0.15, -0.1) is 11.8 Å². The van der Waals surface area contributed by atoms with Crippen LogP contribution in [0.15, 0.2) is 33.6 Å². The lowest BCUT2D eigenvalue weighted by atomic mass is 10.3. The van der Waals surface area contributed by atoms with Gasteiger partial charge in [-0.25, -0.2) is 0 Å². The molecular weight excluding hydrogens is 334 g/mol. The Balaban J connectivity index is 1.47. The van der Waals surface area contributed by atoms with Gasteiger partial charge in [0, 0.05) is 34.1 Å². The first-order valence-electron chi connectivity index (χ1n) is 7.41. The third-order valence-corrected chi connectivity index (χ3v) is 5.90. The topological polar surface area (TPSA) is 20.3 Å². The maximum atomic E-state index is 12.4. The third-order valence-electron chi connectivity index (χ3n) is 3.87. The minimum Gasteiger partial charge on any atom is -0.339 e. The van der Waals surface area contributed by atoms with Crippen LogP contribution in [-0.2, 0) is 4.79 Å². The molecule has 108 valence electrons. The molecule has 0 unspecified atom stereocenters. The van der Waals surface area contributed by atoms with Crippen molar-refractivity contribution < 1.29 is 4.79 Å². The summed E-state index contributed by atoms with van der Waals surface area (Å²) < 4.78 is 1.12. The summed E-state index contributed by atoms with van der Waals surface area (Å²) in [6.45, 7) is 1.02. The van der Waals surface area contributed by atoms with E-state index in [1.54, 1.807) is 11.8 Å². The summed E-state index contributed by atoms with van der Waals surface area (Å²) in [6, 6.07) is 8.77. The van der Waals surface area contributed by atoms with Gasteiger partial charge in [0.05, 0.1) is 0 Å². The van der Waals surface area contributed by atoms with Crippen molar-refractivity contribution in [2.24, 2.45) is 5.92 Å².